The van der Waals surface area contributed by atoms with Crippen molar-refractivity contribution in [3.05, 3.63) is 29.8 Å². The predicted octanol–water partition coefficient (Wildman–Crippen LogP) is -0.793. The molecule has 1 aromatic rings. The van der Waals surface area contributed by atoms with Crippen LogP contribution < -0.4 is 10.1 Å². The molecule has 0 aliphatic carbocycles. The highest BCUT2D eigenvalue weighted by atomic mass is 16.7. The molecule has 11 nitrogen and oxygen atoms in total. The largest absolute Gasteiger partial charge is 0.462 e. The zero-order valence-electron chi connectivity index (χ0n) is 19.9. The fourth-order valence-corrected chi connectivity index (χ4v) is 4.01. The molecule has 0 spiro atoms. The van der Waals surface area contributed by atoms with Crippen molar-refractivity contribution < 1.29 is 49.3 Å². The van der Waals surface area contributed by atoms with E-state index in [1.807, 2.05) is 19.1 Å². The van der Waals surface area contributed by atoms with Gasteiger partial charge >= 0.3 is 0 Å². The Bertz CT molecular complexity index is 778. The SMILES string of the molecule is CCCCC(=O)NCCc1ccc(OC2OC(CO)C(O)C(OC3OCC(O)CC3O)C2O)cc1. The van der Waals surface area contributed by atoms with Gasteiger partial charge in [-0.05, 0) is 30.5 Å². The zero-order chi connectivity index (χ0) is 25.4. The number of amides is 1. The summed E-state index contributed by atoms with van der Waals surface area (Å²) in [5.74, 6) is 0.420. The Morgan fingerprint density at radius 2 is 1.86 bits per heavy atom. The molecular formula is C24H37NO10. The first-order valence-corrected chi connectivity index (χ1v) is 12.1. The lowest BCUT2D eigenvalue weighted by Gasteiger charge is -2.43. The van der Waals surface area contributed by atoms with Gasteiger partial charge in [0, 0.05) is 19.4 Å². The number of benzene rings is 1. The van der Waals surface area contributed by atoms with Crippen molar-refractivity contribution in [2.24, 2.45) is 0 Å². The van der Waals surface area contributed by atoms with E-state index in [1.54, 1.807) is 12.1 Å². The van der Waals surface area contributed by atoms with Crippen molar-refractivity contribution in [1.82, 2.24) is 5.32 Å². The minimum atomic E-state index is -1.46. The molecule has 35 heavy (non-hydrogen) atoms. The first-order valence-electron chi connectivity index (χ1n) is 12.1. The summed E-state index contributed by atoms with van der Waals surface area (Å²) in [4.78, 5) is 11.7. The van der Waals surface area contributed by atoms with Crippen molar-refractivity contribution in [3.8, 4) is 5.75 Å². The van der Waals surface area contributed by atoms with E-state index < -0.39 is 55.8 Å². The van der Waals surface area contributed by atoms with Gasteiger partial charge in [0.25, 0.3) is 0 Å². The highest BCUT2D eigenvalue weighted by molar-refractivity contribution is 5.75. The maximum Gasteiger partial charge on any atom is 0.229 e. The van der Waals surface area contributed by atoms with E-state index in [-0.39, 0.29) is 18.9 Å². The van der Waals surface area contributed by atoms with Crippen LogP contribution in [-0.4, -0.2) is 100 Å². The molecule has 2 aliphatic rings. The Balaban J connectivity index is 1.56. The molecule has 2 saturated heterocycles. The Morgan fingerprint density at radius 1 is 1.11 bits per heavy atom. The lowest BCUT2D eigenvalue weighted by Crippen LogP contribution is -2.62. The number of hydrogen-bond acceptors (Lipinski definition) is 10. The first-order chi connectivity index (χ1) is 16.8. The Morgan fingerprint density at radius 3 is 2.51 bits per heavy atom. The highest BCUT2D eigenvalue weighted by Gasteiger charge is 2.48. The van der Waals surface area contributed by atoms with E-state index in [9.17, 15) is 30.3 Å². The number of carbonyl (C=O) groups is 1. The van der Waals surface area contributed by atoms with Gasteiger partial charge in [-0.3, -0.25) is 4.79 Å². The molecule has 6 N–H and O–H groups in total. The number of carbonyl (C=O) groups excluding carboxylic acids is 1. The Hall–Kier alpha value is -1.83. The van der Waals surface area contributed by atoms with Gasteiger partial charge < -0.3 is 49.8 Å². The number of ether oxygens (including phenoxy) is 4. The minimum absolute atomic E-state index is 0.0260. The smallest absolute Gasteiger partial charge is 0.229 e. The normalized spacial score (nSPS) is 33.3. The Kier molecular flexibility index (Phi) is 10.7. The molecule has 8 unspecified atom stereocenters. The summed E-state index contributed by atoms with van der Waals surface area (Å²) in [7, 11) is 0. The van der Waals surface area contributed by atoms with Crippen molar-refractivity contribution in [1.29, 1.82) is 0 Å². The van der Waals surface area contributed by atoms with Gasteiger partial charge in [0.05, 0.1) is 19.3 Å². The molecule has 0 radical (unpaired) electrons. The Labute approximate surface area is 204 Å². The number of aliphatic hydroxyl groups is 5. The second-order valence-corrected chi connectivity index (χ2v) is 8.93. The quantitative estimate of drug-likeness (QED) is 0.227. The van der Waals surface area contributed by atoms with E-state index in [2.05, 4.69) is 5.32 Å². The fraction of sp³-hybridized carbons (Fsp3) is 0.708. The second-order valence-electron chi connectivity index (χ2n) is 8.93. The van der Waals surface area contributed by atoms with Gasteiger partial charge in [0.1, 0.15) is 36.3 Å². The maximum atomic E-state index is 11.7. The monoisotopic (exact) mass is 499 g/mol. The number of unbranched alkanes of at least 4 members (excludes halogenated alkanes) is 1. The third-order valence-corrected chi connectivity index (χ3v) is 6.06. The molecular weight excluding hydrogens is 462 g/mol. The van der Waals surface area contributed by atoms with Gasteiger partial charge in [-0.1, -0.05) is 25.5 Å². The summed E-state index contributed by atoms with van der Waals surface area (Å²) in [6.45, 7) is 1.95. The van der Waals surface area contributed by atoms with E-state index in [4.69, 9.17) is 18.9 Å². The van der Waals surface area contributed by atoms with Crippen molar-refractivity contribution in [3.63, 3.8) is 0 Å². The van der Waals surface area contributed by atoms with E-state index in [0.29, 0.717) is 25.1 Å². The van der Waals surface area contributed by atoms with Crippen LogP contribution in [0.5, 0.6) is 5.75 Å². The van der Waals surface area contributed by atoms with Crippen LogP contribution in [-0.2, 0) is 25.4 Å². The van der Waals surface area contributed by atoms with Gasteiger partial charge in [-0.15, -0.1) is 0 Å². The summed E-state index contributed by atoms with van der Waals surface area (Å²) >= 11 is 0. The molecule has 8 atom stereocenters. The molecule has 0 saturated carbocycles. The number of nitrogens with one attached hydrogen (secondary N) is 1. The summed E-state index contributed by atoms with van der Waals surface area (Å²) in [6, 6.07) is 7.03. The van der Waals surface area contributed by atoms with Crippen LogP contribution in [0.15, 0.2) is 24.3 Å². The van der Waals surface area contributed by atoms with Crippen LogP contribution in [0.1, 0.15) is 38.2 Å². The third kappa shape index (κ3) is 7.83. The van der Waals surface area contributed by atoms with E-state index >= 15 is 0 Å². The summed E-state index contributed by atoms with van der Waals surface area (Å²) in [5.41, 5.74) is 0.980. The number of rotatable bonds is 11. The van der Waals surface area contributed by atoms with Crippen LogP contribution in [0.2, 0.25) is 0 Å². The van der Waals surface area contributed by atoms with Crippen molar-refractivity contribution in [2.45, 2.75) is 88.2 Å². The molecule has 1 aromatic carbocycles. The minimum Gasteiger partial charge on any atom is -0.462 e. The number of aliphatic hydroxyl groups excluding tert-OH is 5. The van der Waals surface area contributed by atoms with Crippen LogP contribution in [0.25, 0.3) is 0 Å². The second kappa shape index (κ2) is 13.5. The highest BCUT2D eigenvalue weighted by Crippen LogP contribution is 2.29. The maximum absolute atomic E-state index is 11.7. The van der Waals surface area contributed by atoms with E-state index in [0.717, 1.165) is 18.4 Å². The fourth-order valence-electron chi connectivity index (χ4n) is 4.01. The summed E-state index contributed by atoms with van der Waals surface area (Å²) in [6.07, 6.45) is -6.66. The van der Waals surface area contributed by atoms with Crippen LogP contribution in [0, 0.1) is 0 Å². The molecule has 11 heteroatoms. The van der Waals surface area contributed by atoms with Gasteiger partial charge in [-0.2, -0.15) is 0 Å². The standard InChI is InChI=1S/C24H37NO10/c1-2-3-4-19(29)25-10-9-14-5-7-16(8-6-14)33-24-21(31)22(20(30)18(12-26)34-24)35-23-17(28)11-15(27)13-32-23/h5-8,15,17-18,20-24,26-28,30-31H,2-4,9-13H2,1H3,(H,25,29). The molecule has 2 aliphatic heterocycles. The first kappa shape index (κ1) is 27.8. The molecule has 3 rings (SSSR count). The van der Waals surface area contributed by atoms with Gasteiger partial charge in [0.15, 0.2) is 6.29 Å². The topological polar surface area (TPSA) is 167 Å². The van der Waals surface area contributed by atoms with Crippen LogP contribution in [0.4, 0.5) is 0 Å². The molecule has 2 fully saturated rings. The van der Waals surface area contributed by atoms with Crippen molar-refractivity contribution in [2.75, 3.05) is 19.8 Å². The van der Waals surface area contributed by atoms with Crippen molar-refractivity contribution >= 4 is 5.91 Å². The lowest BCUT2D eigenvalue weighted by atomic mass is 9.98. The zero-order valence-corrected chi connectivity index (χ0v) is 19.9. The van der Waals surface area contributed by atoms with E-state index in [1.165, 1.54) is 0 Å². The summed E-state index contributed by atoms with van der Waals surface area (Å²) < 4.78 is 22.2. The number of hydrogen-bond donors (Lipinski definition) is 6. The molecule has 198 valence electrons. The molecule has 0 aromatic heterocycles. The van der Waals surface area contributed by atoms with Gasteiger partial charge in [-0.25, -0.2) is 0 Å². The molecule has 1 amide bonds. The summed E-state index contributed by atoms with van der Waals surface area (Å²) in [5, 5.41) is 53.5. The van der Waals surface area contributed by atoms with Gasteiger partial charge in [0.2, 0.25) is 12.2 Å². The lowest BCUT2D eigenvalue weighted by molar-refractivity contribution is -0.329. The average molecular weight is 500 g/mol. The predicted molar refractivity (Wildman–Crippen MR) is 122 cm³/mol. The average Bonchev–Trinajstić information content (AvgIpc) is 2.84. The van der Waals surface area contributed by atoms with Crippen LogP contribution >= 0.6 is 0 Å². The third-order valence-electron chi connectivity index (χ3n) is 6.06. The molecule has 0 bridgehead atoms. The molecule has 2 heterocycles. The van der Waals surface area contributed by atoms with Crippen LogP contribution in [0.3, 0.4) is 0 Å².